The third kappa shape index (κ3) is 3.72. The molecule has 0 radical (unpaired) electrons. The fourth-order valence-electron chi connectivity index (χ4n) is 3.53. The smallest absolute Gasteiger partial charge is 0.357 e. The standard InChI is InChI=1S/C25H20N2O5/c1-31-24(29)21-22(20-11-7-6-10-19(20)16-12-14-18(28)15-13-16)26-27(23(21)25(30)32-2)17-8-4-3-5-9-17/h3-15,28H,1-2H3. The number of phenols is 1. The number of rotatable bonds is 5. The van der Waals surface area contributed by atoms with Gasteiger partial charge in [-0.3, -0.25) is 0 Å². The summed E-state index contributed by atoms with van der Waals surface area (Å²) >= 11 is 0. The first-order chi connectivity index (χ1) is 15.5. The average Bonchev–Trinajstić information content (AvgIpc) is 3.24. The van der Waals surface area contributed by atoms with Crippen molar-refractivity contribution in [2.24, 2.45) is 0 Å². The largest absolute Gasteiger partial charge is 0.508 e. The Bertz CT molecular complexity index is 1280. The van der Waals surface area contributed by atoms with Crippen molar-refractivity contribution in [2.45, 2.75) is 0 Å². The number of benzene rings is 3. The van der Waals surface area contributed by atoms with Gasteiger partial charge in [-0.2, -0.15) is 5.10 Å². The molecule has 7 heteroatoms. The van der Waals surface area contributed by atoms with Crippen molar-refractivity contribution >= 4 is 11.9 Å². The van der Waals surface area contributed by atoms with Crippen LogP contribution in [0.15, 0.2) is 78.9 Å². The molecular formula is C25H20N2O5. The van der Waals surface area contributed by atoms with Crippen molar-refractivity contribution < 1.29 is 24.2 Å². The SMILES string of the molecule is COC(=O)c1c(-c2ccccc2-c2ccc(O)cc2)nn(-c2ccccc2)c1C(=O)OC. The van der Waals surface area contributed by atoms with E-state index < -0.39 is 11.9 Å². The van der Waals surface area contributed by atoms with Crippen molar-refractivity contribution in [3.63, 3.8) is 0 Å². The third-order valence-electron chi connectivity index (χ3n) is 5.01. The highest BCUT2D eigenvalue weighted by molar-refractivity contribution is 6.07. The van der Waals surface area contributed by atoms with Crippen LogP contribution in [0.2, 0.25) is 0 Å². The van der Waals surface area contributed by atoms with E-state index in [0.29, 0.717) is 11.3 Å². The Balaban J connectivity index is 2.04. The Kier molecular flexibility index (Phi) is 5.72. The summed E-state index contributed by atoms with van der Waals surface area (Å²) in [5.41, 5.74) is 3.06. The van der Waals surface area contributed by atoms with Crippen LogP contribution in [0, 0.1) is 0 Å². The minimum atomic E-state index is -0.713. The molecule has 1 N–H and O–H groups in total. The van der Waals surface area contributed by atoms with E-state index in [0.717, 1.165) is 11.1 Å². The molecule has 32 heavy (non-hydrogen) atoms. The highest BCUT2D eigenvalue weighted by atomic mass is 16.5. The van der Waals surface area contributed by atoms with Crippen LogP contribution in [0.5, 0.6) is 5.75 Å². The van der Waals surface area contributed by atoms with Crippen LogP contribution in [-0.2, 0) is 9.47 Å². The molecule has 4 aromatic rings. The van der Waals surface area contributed by atoms with Gasteiger partial charge in [0.05, 0.1) is 19.9 Å². The zero-order chi connectivity index (χ0) is 22.7. The predicted molar refractivity (Wildman–Crippen MR) is 119 cm³/mol. The molecule has 0 spiro atoms. The van der Waals surface area contributed by atoms with Crippen LogP contribution in [0.25, 0.3) is 28.1 Å². The second kappa shape index (κ2) is 8.77. The van der Waals surface area contributed by atoms with Crippen LogP contribution in [-0.4, -0.2) is 41.0 Å². The lowest BCUT2D eigenvalue weighted by Crippen LogP contribution is -2.15. The summed E-state index contributed by atoms with van der Waals surface area (Å²) in [4.78, 5) is 25.6. The van der Waals surface area contributed by atoms with E-state index in [4.69, 9.17) is 9.47 Å². The van der Waals surface area contributed by atoms with Crippen LogP contribution in [0.3, 0.4) is 0 Å². The molecule has 0 fully saturated rings. The molecule has 0 saturated heterocycles. The number of aromatic hydroxyl groups is 1. The maximum atomic E-state index is 12.9. The quantitative estimate of drug-likeness (QED) is 0.471. The molecule has 0 aliphatic rings. The summed E-state index contributed by atoms with van der Waals surface area (Å²) in [7, 11) is 2.49. The molecule has 160 valence electrons. The Labute approximate surface area is 184 Å². The van der Waals surface area contributed by atoms with E-state index in [9.17, 15) is 14.7 Å². The fourth-order valence-corrected chi connectivity index (χ4v) is 3.53. The third-order valence-corrected chi connectivity index (χ3v) is 5.01. The predicted octanol–water partition coefficient (Wildman–Crippen LogP) is 4.49. The first-order valence-electron chi connectivity index (χ1n) is 9.79. The number of carbonyl (C=O) groups is 2. The van der Waals surface area contributed by atoms with Crippen LogP contribution in [0.1, 0.15) is 20.8 Å². The van der Waals surface area contributed by atoms with E-state index in [1.54, 1.807) is 48.5 Å². The number of para-hydroxylation sites is 1. The number of ether oxygens (including phenoxy) is 2. The number of carbonyl (C=O) groups excluding carboxylic acids is 2. The second-order valence-electron chi connectivity index (χ2n) is 6.90. The molecule has 0 aliphatic heterocycles. The Morgan fingerprint density at radius 1 is 0.781 bits per heavy atom. The number of aromatic nitrogens is 2. The van der Waals surface area contributed by atoms with E-state index in [2.05, 4.69) is 5.10 Å². The van der Waals surface area contributed by atoms with Crippen molar-refractivity contribution in [1.82, 2.24) is 9.78 Å². The summed E-state index contributed by atoms with van der Waals surface area (Å²) in [6.07, 6.45) is 0. The molecule has 1 heterocycles. The van der Waals surface area contributed by atoms with E-state index in [1.807, 2.05) is 30.3 Å². The molecule has 0 aliphatic carbocycles. The molecular weight excluding hydrogens is 408 g/mol. The molecule has 0 saturated carbocycles. The van der Waals surface area contributed by atoms with Gasteiger partial charge in [-0.15, -0.1) is 0 Å². The summed E-state index contributed by atoms with van der Waals surface area (Å²) in [6.45, 7) is 0. The number of hydrogen-bond acceptors (Lipinski definition) is 6. The summed E-state index contributed by atoms with van der Waals surface area (Å²) in [5, 5.41) is 14.3. The van der Waals surface area contributed by atoms with E-state index >= 15 is 0 Å². The lowest BCUT2D eigenvalue weighted by atomic mass is 9.95. The normalized spacial score (nSPS) is 10.6. The van der Waals surface area contributed by atoms with Gasteiger partial charge >= 0.3 is 11.9 Å². The summed E-state index contributed by atoms with van der Waals surface area (Å²) < 4.78 is 11.4. The van der Waals surface area contributed by atoms with Gasteiger partial charge in [0.25, 0.3) is 0 Å². The van der Waals surface area contributed by atoms with Crippen molar-refractivity contribution in [1.29, 1.82) is 0 Å². The van der Waals surface area contributed by atoms with Gasteiger partial charge in [-0.25, -0.2) is 14.3 Å². The first kappa shape index (κ1) is 20.9. The van der Waals surface area contributed by atoms with Gasteiger partial charge in [0.15, 0.2) is 5.69 Å². The maximum Gasteiger partial charge on any atom is 0.357 e. The van der Waals surface area contributed by atoms with Gasteiger partial charge in [-0.05, 0) is 35.4 Å². The molecule has 7 nitrogen and oxygen atoms in total. The maximum absolute atomic E-state index is 12.9. The Hall–Kier alpha value is -4.39. The van der Waals surface area contributed by atoms with E-state index in [1.165, 1.54) is 18.9 Å². The molecule has 0 unspecified atom stereocenters. The molecule has 3 aromatic carbocycles. The van der Waals surface area contributed by atoms with Crippen LogP contribution >= 0.6 is 0 Å². The molecule has 0 amide bonds. The Morgan fingerprint density at radius 3 is 2.00 bits per heavy atom. The summed E-state index contributed by atoms with van der Waals surface area (Å²) in [6, 6.07) is 23.1. The van der Waals surface area contributed by atoms with Gasteiger partial charge in [0.1, 0.15) is 17.0 Å². The summed E-state index contributed by atoms with van der Waals surface area (Å²) in [5.74, 6) is -1.28. The fraction of sp³-hybridized carbons (Fsp3) is 0.0800. The number of methoxy groups -OCH3 is 2. The Morgan fingerprint density at radius 2 is 1.38 bits per heavy atom. The average molecular weight is 428 g/mol. The van der Waals surface area contributed by atoms with Crippen LogP contribution < -0.4 is 0 Å². The van der Waals surface area contributed by atoms with E-state index in [-0.39, 0.29) is 22.7 Å². The lowest BCUT2D eigenvalue weighted by Gasteiger charge is -2.09. The zero-order valence-electron chi connectivity index (χ0n) is 17.5. The van der Waals surface area contributed by atoms with Gasteiger partial charge in [0, 0.05) is 5.56 Å². The zero-order valence-corrected chi connectivity index (χ0v) is 17.5. The number of hydrogen-bond donors (Lipinski definition) is 1. The van der Waals surface area contributed by atoms with Crippen molar-refractivity contribution in [3.8, 4) is 33.8 Å². The molecule has 4 rings (SSSR count). The first-order valence-corrected chi connectivity index (χ1v) is 9.79. The monoisotopic (exact) mass is 428 g/mol. The van der Waals surface area contributed by atoms with Crippen LogP contribution in [0.4, 0.5) is 0 Å². The minimum absolute atomic E-state index is 0.00873. The molecule has 1 aromatic heterocycles. The topological polar surface area (TPSA) is 90.6 Å². The highest BCUT2D eigenvalue weighted by Gasteiger charge is 2.32. The highest BCUT2D eigenvalue weighted by Crippen LogP contribution is 2.36. The van der Waals surface area contributed by atoms with Gasteiger partial charge < -0.3 is 14.6 Å². The number of esters is 2. The molecule has 0 atom stereocenters. The van der Waals surface area contributed by atoms with Gasteiger partial charge in [-0.1, -0.05) is 54.6 Å². The number of phenolic OH excluding ortho intramolecular Hbond substituents is 1. The van der Waals surface area contributed by atoms with Crippen molar-refractivity contribution in [3.05, 3.63) is 90.1 Å². The molecule has 0 bridgehead atoms. The number of nitrogens with zero attached hydrogens (tertiary/aromatic N) is 2. The minimum Gasteiger partial charge on any atom is -0.508 e. The van der Waals surface area contributed by atoms with Crippen molar-refractivity contribution in [2.75, 3.05) is 14.2 Å². The van der Waals surface area contributed by atoms with Gasteiger partial charge in [0.2, 0.25) is 0 Å². The lowest BCUT2D eigenvalue weighted by molar-refractivity contribution is 0.0549. The second-order valence-corrected chi connectivity index (χ2v) is 6.90.